The van der Waals surface area contributed by atoms with Crippen LogP contribution in [0.25, 0.3) is 11.6 Å². The number of hydrogen-bond acceptors (Lipinski definition) is 5. The van der Waals surface area contributed by atoms with E-state index in [1.807, 2.05) is 0 Å². The number of aromatic amines is 1. The fraction of sp³-hybridized carbons (Fsp3) is 0.375. The Labute approximate surface area is 192 Å². The van der Waals surface area contributed by atoms with Gasteiger partial charge in [-0.05, 0) is 56.8 Å². The first-order chi connectivity index (χ1) is 15.7. The lowest BCUT2D eigenvalue weighted by Crippen LogP contribution is -2.38. The standard InChI is InChI=1S/C24H30FN5O3/c1-5-29(6-2)10-9-27-23(32)22-14(3)19(28-15(22)4)12-18-17-11-16(25)7-8-20(17)30(24(18)33)21(31)13-26/h7-8,11-12,28H,5-6,9-10,13,26H2,1-4H3,(H,27,32)/b18-12-. The second-order valence-corrected chi connectivity index (χ2v) is 7.90. The molecule has 0 saturated heterocycles. The Morgan fingerprint density at radius 2 is 1.94 bits per heavy atom. The summed E-state index contributed by atoms with van der Waals surface area (Å²) in [5, 5.41) is 2.94. The third-order valence-electron chi connectivity index (χ3n) is 5.95. The fourth-order valence-corrected chi connectivity index (χ4v) is 4.10. The average molecular weight is 456 g/mol. The number of likely N-dealkylation sites (N-methyl/N-ethyl adjacent to an activating group) is 1. The molecule has 0 spiro atoms. The van der Waals surface area contributed by atoms with Gasteiger partial charge < -0.3 is 20.9 Å². The van der Waals surface area contributed by atoms with Gasteiger partial charge in [0.05, 0.1) is 23.4 Å². The number of rotatable bonds is 8. The molecule has 3 amide bonds. The zero-order valence-electron chi connectivity index (χ0n) is 19.4. The van der Waals surface area contributed by atoms with E-state index < -0.39 is 17.6 Å². The summed E-state index contributed by atoms with van der Waals surface area (Å²) in [6.45, 7) is 10.4. The SMILES string of the molecule is CCN(CC)CCNC(=O)c1c(C)[nH]c(/C=C2\C(=O)N(C(=O)CN)c3ccc(F)cc32)c1C. The number of fused-ring (bicyclic) bond motifs is 1. The number of hydrogen-bond donors (Lipinski definition) is 3. The number of benzene rings is 1. The van der Waals surface area contributed by atoms with Gasteiger partial charge in [-0.2, -0.15) is 0 Å². The molecule has 9 heteroatoms. The number of nitrogens with zero attached hydrogens (tertiary/aromatic N) is 2. The van der Waals surface area contributed by atoms with Gasteiger partial charge in [0.2, 0.25) is 5.91 Å². The summed E-state index contributed by atoms with van der Waals surface area (Å²) in [6, 6.07) is 3.80. The number of nitrogens with one attached hydrogen (secondary N) is 2. The molecule has 3 rings (SSSR count). The van der Waals surface area contributed by atoms with Crippen LogP contribution in [0.4, 0.5) is 10.1 Å². The highest BCUT2D eigenvalue weighted by atomic mass is 19.1. The summed E-state index contributed by atoms with van der Waals surface area (Å²) in [6.07, 6.45) is 1.55. The van der Waals surface area contributed by atoms with Gasteiger partial charge in [0.15, 0.2) is 0 Å². The van der Waals surface area contributed by atoms with Crippen molar-refractivity contribution in [1.82, 2.24) is 15.2 Å². The van der Waals surface area contributed by atoms with Crippen molar-refractivity contribution in [2.45, 2.75) is 27.7 Å². The normalized spacial score (nSPS) is 14.3. The first-order valence-corrected chi connectivity index (χ1v) is 11.0. The first kappa shape index (κ1) is 24.3. The molecular formula is C24H30FN5O3. The van der Waals surface area contributed by atoms with Gasteiger partial charge in [0.1, 0.15) is 5.82 Å². The predicted octanol–water partition coefficient (Wildman–Crippen LogP) is 2.21. The molecule has 0 unspecified atom stereocenters. The predicted molar refractivity (Wildman–Crippen MR) is 126 cm³/mol. The fourth-order valence-electron chi connectivity index (χ4n) is 4.10. The van der Waals surface area contributed by atoms with Crippen molar-refractivity contribution in [3.8, 4) is 0 Å². The molecule has 8 nitrogen and oxygen atoms in total. The van der Waals surface area contributed by atoms with Crippen molar-refractivity contribution >= 4 is 35.1 Å². The highest BCUT2D eigenvalue weighted by Crippen LogP contribution is 2.38. The van der Waals surface area contributed by atoms with Gasteiger partial charge in [0.25, 0.3) is 11.8 Å². The smallest absolute Gasteiger partial charge is 0.265 e. The maximum absolute atomic E-state index is 14.0. The van der Waals surface area contributed by atoms with Crippen molar-refractivity contribution in [3.63, 3.8) is 0 Å². The number of carbonyl (C=O) groups is 3. The third kappa shape index (κ3) is 4.74. The van der Waals surface area contributed by atoms with Crippen LogP contribution in [0, 0.1) is 19.7 Å². The number of carbonyl (C=O) groups excluding carboxylic acids is 3. The van der Waals surface area contributed by atoms with E-state index >= 15 is 0 Å². The number of aromatic nitrogens is 1. The Balaban J connectivity index is 1.93. The molecule has 0 saturated carbocycles. The highest BCUT2D eigenvalue weighted by molar-refractivity contribution is 6.42. The molecule has 0 fully saturated rings. The molecule has 176 valence electrons. The second-order valence-electron chi connectivity index (χ2n) is 7.90. The van der Waals surface area contributed by atoms with E-state index in [1.165, 1.54) is 18.2 Å². The molecule has 2 aromatic rings. The number of anilines is 1. The van der Waals surface area contributed by atoms with E-state index in [4.69, 9.17) is 5.73 Å². The largest absolute Gasteiger partial charge is 0.358 e. The van der Waals surface area contributed by atoms with Gasteiger partial charge in [-0.1, -0.05) is 13.8 Å². The summed E-state index contributed by atoms with van der Waals surface area (Å²) in [4.78, 5) is 44.5. The third-order valence-corrected chi connectivity index (χ3v) is 5.95. The molecule has 2 heterocycles. The number of nitrogens with two attached hydrogens (primary N) is 1. The summed E-state index contributed by atoms with van der Waals surface area (Å²) >= 11 is 0. The number of halogens is 1. The first-order valence-electron chi connectivity index (χ1n) is 11.0. The van der Waals surface area contributed by atoms with Crippen LogP contribution in [0.15, 0.2) is 18.2 Å². The van der Waals surface area contributed by atoms with Crippen LogP contribution < -0.4 is 16.0 Å². The Morgan fingerprint density at radius 3 is 2.58 bits per heavy atom. The van der Waals surface area contributed by atoms with Crippen molar-refractivity contribution in [2.75, 3.05) is 37.6 Å². The minimum atomic E-state index is -0.581. The average Bonchev–Trinajstić information content (AvgIpc) is 3.22. The quantitative estimate of drug-likeness (QED) is 0.529. The monoisotopic (exact) mass is 455 g/mol. The highest BCUT2D eigenvalue weighted by Gasteiger charge is 2.36. The zero-order valence-corrected chi connectivity index (χ0v) is 19.4. The summed E-state index contributed by atoms with van der Waals surface area (Å²) in [7, 11) is 0. The van der Waals surface area contributed by atoms with Gasteiger partial charge in [-0.15, -0.1) is 0 Å². The van der Waals surface area contributed by atoms with E-state index in [1.54, 1.807) is 19.9 Å². The Kier molecular flexibility index (Phi) is 7.45. The molecule has 0 radical (unpaired) electrons. The lowest BCUT2D eigenvalue weighted by Gasteiger charge is -2.18. The summed E-state index contributed by atoms with van der Waals surface area (Å²) in [5.41, 5.74) is 8.58. The molecule has 33 heavy (non-hydrogen) atoms. The number of amides is 3. The lowest BCUT2D eigenvalue weighted by molar-refractivity contribution is -0.122. The molecule has 4 N–H and O–H groups in total. The number of imide groups is 1. The van der Waals surface area contributed by atoms with Gasteiger partial charge >= 0.3 is 0 Å². The maximum Gasteiger partial charge on any atom is 0.265 e. The van der Waals surface area contributed by atoms with E-state index in [2.05, 4.69) is 29.0 Å². The van der Waals surface area contributed by atoms with Gasteiger partial charge in [-0.25, -0.2) is 9.29 Å². The molecule has 0 atom stereocenters. The zero-order chi connectivity index (χ0) is 24.3. The van der Waals surface area contributed by atoms with Gasteiger partial charge in [0, 0.05) is 30.0 Å². The Morgan fingerprint density at radius 1 is 1.24 bits per heavy atom. The lowest BCUT2D eigenvalue weighted by atomic mass is 10.0. The van der Waals surface area contributed by atoms with Crippen LogP contribution in [0.2, 0.25) is 0 Å². The van der Waals surface area contributed by atoms with Crippen LogP contribution in [-0.2, 0) is 9.59 Å². The van der Waals surface area contributed by atoms with E-state index in [-0.39, 0.29) is 18.0 Å². The van der Waals surface area contributed by atoms with E-state index in [0.29, 0.717) is 40.3 Å². The van der Waals surface area contributed by atoms with E-state index in [0.717, 1.165) is 24.5 Å². The maximum atomic E-state index is 14.0. The van der Waals surface area contributed by atoms with Crippen LogP contribution in [0.1, 0.15) is 46.7 Å². The van der Waals surface area contributed by atoms with Crippen LogP contribution in [0.3, 0.4) is 0 Å². The Bertz CT molecular complexity index is 1120. The van der Waals surface area contributed by atoms with Crippen LogP contribution >= 0.6 is 0 Å². The Hall–Kier alpha value is -3.30. The second kappa shape index (κ2) is 10.1. The molecule has 1 aromatic heterocycles. The van der Waals surface area contributed by atoms with Crippen molar-refractivity contribution in [3.05, 3.63) is 52.1 Å². The van der Waals surface area contributed by atoms with E-state index in [9.17, 15) is 18.8 Å². The molecule has 0 aliphatic carbocycles. The number of H-pyrrole nitrogens is 1. The molecule has 1 aromatic carbocycles. The van der Waals surface area contributed by atoms with Gasteiger partial charge in [-0.3, -0.25) is 14.4 Å². The van der Waals surface area contributed by atoms with Crippen molar-refractivity contribution in [1.29, 1.82) is 0 Å². The molecule has 1 aliphatic heterocycles. The summed E-state index contributed by atoms with van der Waals surface area (Å²) in [5.74, 6) is -1.89. The van der Waals surface area contributed by atoms with Crippen molar-refractivity contribution < 1.29 is 18.8 Å². The van der Waals surface area contributed by atoms with Crippen LogP contribution in [0.5, 0.6) is 0 Å². The van der Waals surface area contributed by atoms with Crippen molar-refractivity contribution in [2.24, 2.45) is 5.73 Å². The summed E-state index contributed by atoms with van der Waals surface area (Å²) < 4.78 is 14.0. The minimum absolute atomic E-state index is 0.157. The molecule has 0 bridgehead atoms. The van der Waals surface area contributed by atoms with Crippen LogP contribution in [-0.4, -0.2) is 60.3 Å². The minimum Gasteiger partial charge on any atom is -0.358 e. The molecular weight excluding hydrogens is 425 g/mol. The molecule has 1 aliphatic rings. The number of aryl methyl sites for hydroxylation is 1. The topological polar surface area (TPSA) is 112 Å².